The summed E-state index contributed by atoms with van der Waals surface area (Å²) in [7, 11) is 0. The Morgan fingerprint density at radius 3 is 2.81 bits per heavy atom. The van der Waals surface area contributed by atoms with E-state index in [9.17, 15) is 5.11 Å². The fourth-order valence-corrected chi connectivity index (χ4v) is 6.12. The second-order valence-corrected chi connectivity index (χ2v) is 9.46. The number of anilines is 1. The van der Waals surface area contributed by atoms with Gasteiger partial charge in [0.1, 0.15) is 0 Å². The summed E-state index contributed by atoms with van der Waals surface area (Å²) in [6.07, 6.45) is 13.1. The number of hydrogen-bond acceptors (Lipinski definition) is 5. The molecule has 0 radical (unpaired) electrons. The molecule has 4 rings (SSSR count). The van der Waals surface area contributed by atoms with E-state index in [0.29, 0.717) is 5.92 Å². The van der Waals surface area contributed by atoms with Gasteiger partial charge in [0.2, 0.25) is 0 Å². The van der Waals surface area contributed by atoms with Crippen LogP contribution in [0.2, 0.25) is 0 Å². The van der Waals surface area contributed by atoms with Crippen molar-refractivity contribution in [3.63, 3.8) is 0 Å². The lowest BCUT2D eigenvalue weighted by atomic mass is 10.1. The van der Waals surface area contributed by atoms with E-state index < -0.39 is 0 Å². The smallest absolute Gasteiger partial charge is 0.0727 e. The Balaban J connectivity index is 1.30. The maximum Gasteiger partial charge on any atom is 0.0727 e. The molecule has 2 heterocycles. The zero-order chi connectivity index (χ0) is 17.9. The number of aromatic nitrogens is 1. The van der Waals surface area contributed by atoms with E-state index in [4.69, 9.17) is 5.73 Å². The number of pyridine rings is 1. The molecular weight excluding hydrogens is 342 g/mol. The SMILES string of the molecule is Nc1ccnc2c1CC=C2CN1C[C@H](CSC2CCCCCC2)[C@H](O)C1. The highest BCUT2D eigenvalue weighted by atomic mass is 32.2. The zero-order valence-electron chi connectivity index (χ0n) is 15.6. The molecule has 1 saturated heterocycles. The first-order chi connectivity index (χ1) is 12.7. The Morgan fingerprint density at radius 2 is 2.00 bits per heavy atom. The Kier molecular flexibility index (Phi) is 5.87. The molecule has 1 aromatic rings. The third-order valence-corrected chi connectivity index (χ3v) is 7.74. The van der Waals surface area contributed by atoms with Gasteiger partial charge >= 0.3 is 0 Å². The molecule has 1 saturated carbocycles. The third kappa shape index (κ3) is 4.10. The third-order valence-electron chi connectivity index (χ3n) is 6.17. The second kappa shape index (κ2) is 8.32. The van der Waals surface area contributed by atoms with Crippen LogP contribution in [-0.4, -0.2) is 51.7 Å². The van der Waals surface area contributed by atoms with Gasteiger partial charge in [0.15, 0.2) is 0 Å². The molecule has 0 spiro atoms. The molecule has 142 valence electrons. The molecule has 2 atom stereocenters. The number of likely N-dealkylation sites (tertiary alicyclic amines) is 1. The Hall–Kier alpha value is -1.04. The topological polar surface area (TPSA) is 62.4 Å². The fraction of sp³-hybridized carbons (Fsp3) is 0.667. The lowest BCUT2D eigenvalue weighted by molar-refractivity contribution is 0.151. The average Bonchev–Trinajstić information content (AvgIpc) is 3.08. The Bertz CT molecular complexity index is 655. The van der Waals surface area contributed by atoms with Crippen LogP contribution in [0, 0.1) is 5.92 Å². The van der Waals surface area contributed by atoms with Crippen LogP contribution in [-0.2, 0) is 6.42 Å². The first kappa shape index (κ1) is 18.3. The Morgan fingerprint density at radius 1 is 1.19 bits per heavy atom. The molecule has 2 aliphatic carbocycles. The summed E-state index contributed by atoms with van der Waals surface area (Å²) in [4.78, 5) is 6.94. The molecule has 0 bridgehead atoms. The summed E-state index contributed by atoms with van der Waals surface area (Å²) in [5.41, 5.74) is 10.4. The van der Waals surface area contributed by atoms with Crippen molar-refractivity contribution in [2.24, 2.45) is 5.92 Å². The van der Waals surface area contributed by atoms with E-state index in [1.54, 1.807) is 6.20 Å². The Labute approximate surface area is 161 Å². The maximum atomic E-state index is 10.5. The molecule has 3 N–H and O–H groups in total. The number of aliphatic hydroxyl groups excluding tert-OH is 1. The monoisotopic (exact) mass is 373 g/mol. The van der Waals surface area contributed by atoms with Crippen LogP contribution in [0.5, 0.6) is 0 Å². The second-order valence-electron chi connectivity index (χ2n) is 8.13. The van der Waals surface area contributed by atoms with Crippen molar-refractivity contribution in [1.82, 2.24) is 9.88 Å². The van der Waals surface area contributed by atoms with Crippen LogP contribution in [0.25, 0.3) is 5.57 Å². The van der Waals surface area contributed by atoms with Gasteiger partial charge < -0.3 is 10.8 Å². The number of β-amino-alcohol motifs (C(OH)–C–C–N with tert-alkyl or cyclic N) is 1. The number of nitrogen functional groups attached to an aromatic ring is 1. The number of thioether (sulfide) groups is 1. The first-order valence-corrected chi connectivity index (χ1v) is 11.2. The van der Waals surface area contributed by atoms with Crippen molar-refractivity contribution < 1.29 is 5.11 Å². The van der Waals surface area contributed by atoms with Gasteiger partial charge in [-0.15, -0.1) is 0 Å². The quantitative estimate of drug-likeness (QED) is 0.775. The van der Waals surface area contributed by atoms with E-state index >= 15 is 0 Å². The summed E-state index contributed by atoms with van der Waals surface area (Å²) in [5.74, 6) is 1.50. The lowest BCUT2D eigenvalue weighted by Crippen LogP contribution is -2.24. The van der Waals surface area contributed by atoms with Gasteiger partial charge in [-0.05, 0) is 30.9 Å². The van der Waals surface area contributed by atoms with Gasteiger partial charge in [0.25, 0.3) is 0 Å². The largest absolute Gasteiger partial charge is 0.398 e. The van der Waals surface area contributed by atoms with Crippen molar-refractivity contribution in [1.29, 1.82) is 0 Å². The van der Waals surface area contributed by atoms with E-state index in [1.165, 1.54) is 49.7 Å². The van der Waals surface area contributed by atoms with Gasteiger partial charge in [-0.2, -0.15) is 11.8 Å². The maximum absolute atomic E-state index is 10.5. The van der Waals surface area contributed by atoms with Crippen molar-refractivity contribution in [2.75, 3.05) is 31.1 Å². The van der Waals surface area contributed by atoms with Gasteiger partial charge in [0, 0.05) is 54.0 Å². The van der Waals surface area contributed by atoms with Crippen molar-refractivity contribution >= 4 is 23.0 Å². The number of allylic oxidation sites excluding steroid dienone is 1. The molecule has 5 heteroatoms. The standard InChI is InChI=1S/C21H31N3OS/c22-19-9-10-23-21-15(7-8-18(19)21)11-24-12-16(20(25)13-24)14-26-17-5-3-1-2-4-6-17/h7,9-10,16-17,20,25H,1-6,8,11-14H2,(H2,22,23)/t16-,20-/m1/s1. The predicted molar refractivity (Wildman–Crippen MR) is 110 cm³/mol. The number of rotatable bonds is 5. The molecule has 26 heavy (non-hydrogen) atoms. The van der Waals surface area contributed by atoms with Crippen molar-refractivity contribution in [3.8, 4) is 0 Å². The van der Waals surface area contributed by atoms with Crippen LogP contribution in [0.4, 0.5) is 5.69 Å². The molecular formula is C21H31N3OS. The van der Waals surface area contributed by atoms with E-state index in [2.05, 4.69) is 27.7 Å². The molecule has 0 aromatic carbocycles. The minimum atomic E-state index is -0.191. The predicted octanol–water partition coefficient (Wildman–Crippen LogP) is 3.35. The minimum absolute atomic E-state index is 0.191. The summed E-state index contributed by atoms with van der Waals surface area (Å²) >= 11 is 2.12. The van der Waals surface area contributed by atoms with Gasteiger partial charge in [-0.3, -0.25) is 9.88 Å². The van der Waals surface area contributed by atoms with Crippen LogP contribution < -0.4 is 5.73 Å². The van der Waals surface area contributed by atoms with Crippen molar-refractivity contribution in [3.05, 3.63) is 29.6 Å². The number of hydrogen-bond donors (Lipinski definition) is 2. The normalized spacial score (nSPS) is 27.3. The van der Waals surface area contributed by atoms with Crippen molar-refractivity contribution in [2.45, 2.75) is 56.3 Å². The highest BCUT2D eigenvalue weighted by molar-refractivity contribution is 7.99. The molecule has 4 nitrogen and oxygen atoms in total. The summed E-state index contributed by atoms with van der Waals surface area (Å²) < 4.78 is 0. The first-order valence-electron chi connectivity index (χ1n) is 10.2. The molecule has 3 aliphatic rings. The summed E-state index contributed by atoms with van der Waals surface area (Å²) in [5, 5.41) is 11.4. The van der Waals surface area contributed by atoms with Crippen LogP contribution in [0.3, 0.4) is 0 Å². The van der Waals surface area contributed by atoms with E-state index in [1.807, 2.05) is 6.07 Å². The van der Waals surface area contributed by atoms with Gasteiger partial charge in [-0.1, -0.05) is 31.8 Å². The van der Waals surface area contributed by atoms with E-state index in [0.717, 1.165) is 48.4 Å². The molecule has 1 aromatic heterocycles. The number of nitrogens with zero attached hydrogens (tertiary/aromatic N) is 2. The number of nitrogens with two attached hydrogens (primary N) is 1. The van der Waals surface area contributed by atoms with Crippen LogP contribution in [0.15, 0.2) is 18.3 Å². The van der Waals surface area contributed by atoms with Crippen LogP contribution in [0.1, 0.15) is 49.8 Å². The molecule has 0 unspecified atom stereocenters. The minimum Gasteiger partial charge on any atom is -0.398 e. The summed E-state index contributed by atoms with van der Waals surface area (Å²) in [6.45, 7) is 2.66. The highest BCUT2D eigenvalue weighted by Gasteiger charge is 2.33. The average molecular weight is 374 g/mol. The molecule has 0 amide bonds. The number of fused-ring (bicyclic) bond motifs is 1. The summed E-state index contributed by atoms with van der Waals surface area (Å²) in [6, 6.07) is 1.88. The van der Waals surface area contributed by atoms with Crippen LogP contribution >= 0.6 is 11.8 Å². The molecule has 2 fully saturated rings. The van der Waals surface area contributed by atoms with E-state index in [-0.39, 0.29) is 6.10 Å². The molecule has 1 aliphatic heterocycles. The lowest BCUT2D eigenvalue weighted by Gasteiger charge is -2.19. The van der Waals surface area contributed by atoms with Gasteiger partial charge in [0.05, 0.1) is 11.8 Å². The fourth-order valence-electron chi connectivity index (χ4n) is 4.60. The number of aliphatic hydroxyl groups is 1. The highest BCUT2D eigenvalue weighted by Crippen LogP contribution is 2.33. The van der Waals surface area contributed by atoms with Gasteiger partial charge in [-0.25, -0.2) is 0 Å². The zero-order valence-corrected chi connectivity index (χ0v) is 16.4.